The highest BCUT2D eigenvalue weighted by molar-refractivity contribution is 7.17. The number of aliphatic hydroxyl groups excluding tert-OH is 1. The maximum atomic E-state index is 13.2. The van der Waals surface area contributed by atoms with E-state index in [1.165, 1.54) is 22.2 Å². The number of aryl methyl sites for hydroxylation is 2. The maximum absolute atomic E-state index is 13.2. The van der Waals surface area contributed by atoms with Crippen LogP contribution in [0.25, 0.3) is 21.3 Å². The molecule has 0 spiro atoms. The number of rotatable bonds is 7. The summed E-state index contributed by atoms with van der Waals surface area (Å²) < 4.78 is 12.5. The van der Waals surface area contributed by atoms with E-state index in [1.807, 2.05) is 61.7 Å². The quantitative estimate of drug-likeness (QED) is 0.470. The first kappa shape index (κ1) is 21.1. The second-order valence-corrected chi connectivity index (χ2v) is 8.30. The number of nitrogens with zero attached hydrogens (tertiary/aromatic N) is 2. The Labute approximate surface area is 184 Å². The first-order valence-electron chi connectivity index (χ1n) is 9.96. The summed E-state index contributed by atoms with van der Waals surface area (Å²) in [5.41, 5.74) is 3.59. The second-order valence-electron chi connectivity index (χ2n) is 7.45. The zero-order valence-corrected chi connectivity index (χ0v) is 18.5. The third-order valence-electron chi connectivity index (χ3n) is 5.20. The first-order chi connectivity index (χ1) is 15.0. The highest BCUT2D eigenvalue weighted by Gasteiger charge is 2.16. The van der Waals surface area contributed by atoms with Gasteiger partial charge in [-0.1, -0.05) is 30.3 Å². The van der Waals surface area contributed by atoms with E-state index in [1.54, 1.807) is 7.11 Å². The van der Waals surface area contributed by atoms with E-state index in [4.69, 9.17) is 9.47 Å². The van der Waals surface area contributed by atoms with E-state index < -0.39 is 6.10 Å². The lowest BCUT2D eigenvalue weighted by molar-refractivity contribution is 0.0908. The molecule has 160 valence electrons. The van der Waals surface area contributed by atoms with Crippen LogP contribution >= 0.6 is 11.3 Å². The predicted octanol–water partition coefficient (Wildman–Crippen LogP) is 4.19. The molecule has 2 heterocycles. The zero-order chi connectivity index (χ0) is 22.0. The standard InChI is InChI=1S/C24H24N2O4S/c1-15-5-4-6-16(2)22(15)30-12-18(27)11-26-14-25-23-21(24(26)28)20(13-31-23)17-7-9-19(29-3)10-8-17/h4-10,13-14,18,27H,11-12H2,1-3H3/t18-/m0/s1. The van der Waals surface area contributed by atoms with E-state index in [0.717, 1.165) is 33.8 Å². The van der Waals surface area contributed by atoms with Crippen molar-refractivity contribution in [2.75, 3.05) is 13.7 Å². The molecule has 4 rings (SSSR count). The number of fused-ring (bicyclic) bond motifs is 1. The lowest BCUT2D eigenvalue weighted by Gasteiger charge is -2.16. The van der Waals surface area contributed by atoms with Crippen LogP contribution in [-0.4, -0.2) is 34.5 Å². The molecule has 0 bridgehead atoms. The van der Waals surface area contributed by atoms with E-state index in [0.29, 0.717) is 10.2 Å². The first-order valence-corrected chi connectivity index (χ1v) is 10.8. The molecule has 0 saturated heterocycles. The topological polar surface area (TPSA) is 73.6 Å². The fraction of sp³-hybridized carbons (Fsp3) is 0.250. The number of para-hydroxylation sites is 1. The lowest BCUT2D eigenvalue weighted by Crippen LogP contribution is -2.30. The molecule has 2 aromatic carbocycles. The van der Waals surface area contributed by atoms with Crippen LogP contribution in [0.5, 0.6) is 11.5 Å². The zero-order valence-electron chi connectivity index (χ0n) is 17.7. The van der Waals surface area contributed by atoms with E-state index in [-0.39, 0.29) is 18.7 Å². The average Bonchev–Trinajstić information content (AvgIpc) is 3.20. The summed E-state index contributed by atoms with van der Waals surface area (Å²) in [5, 5.41) is 13.0. The Bertz CT molecular complexity index is 1240. The highest BCUT2D eigenvalue weighted by atomic mass is 32.1. The third-order valence-corrected chi connectivity index (χ3v) is 6.08. The summed E-state index contributed by atoms with van der Waals surface area (Å²) in [6, 6.07) is 13.5. The van der Waals surface area contributed by atoms with Crippen LogP contribution in [0, 0.1) is 13.8 Å². The van der Waals surface area contributed by atoms with E-state index in [2.05, 4.69) is 4.98 Å². The molecule has 0 aliphatic carbocycles. The largest absolute Gasteiger partial charge is 0.497 e. The molecule has 1 N–H and O–H groups in total. The molecule has 2 aromatic heterocycles. The Morgan fingerprint density at radius 2 is 1.84 bits per heavy atom. The van der Waals surface area contributed by atoms with Crippen LogP contribution in [0.4, 0.5) is 0 Å². The Morgan fingerprint density at radius 1 is 1.13 bits per heavy atom. The Kier molecular flexibility index (Phi) is 6.06. The SMILES string of the molecule is COc1ccc(-c2csc3ncn(C[C@H](O)COc4c(C)cccc4C)c(=O)c23)cc1. The summed E-state index contributed by atoms with van der Waals surface area (Å²) in [5.74, 6) is 1.52. The number of thiophene rings is 1. The van der Waals surface area contributed by atoms with Gasteiger partial charge in [0.25, 0.3) is 5.56 Å². The second kappa shape index (κ2) is 8.91. The van der Waals surface area contributed by atoms with Crippen molar-refractivity contribution in [3.63, 3.8) is 0 Å². The van der Waals surface area contributed by atoms with Crippen molar-refractivity contribution in [1.29, 1.82) is 0 Å². The highest BCUT2D eigenvalue weighted by Crippen LogP contribution is 2.31. The van der Waals surface area contributed by atoms with Gasteiger partial charge in [0.05, 0.1) is 25.4 Å². The van der Waals surface area contributed by atoms with Crippen LogP contribution in [0.15, 0.2) is 59.0 Å². The molecule has 6 nitrogen and oxygen atoms in total. The number of hydrogen-bond donors (Lipinski definition) is 1. The van der Waals surface area contributed by atoms with E-state index in [9.17, 15) is 9.90 Å². The normalized spacial score (nSPS) is 12.1. The molecule has 0 saturated carbocycles. The van der Waals surface area contributed by atoms with Crippen LogP contribution < -0.4 is 15.0 Å². The van der Waals surface area contributed by atoms with Gasteiger partial charge in [-0.2, -0.15) is 0 Å². The van der Waals surface area contributed by atoms with Crippen molar-refractivity contribution in [3.8, 4) is 22.6 Å². The Hall–Kier alpha value is -3.16. The number of ether oxygens (including phenoxy) is 2. The van der Waals surface area contributed by atoms with Gasteiger partial charge in [-0.25, -0.2) is 4.98 Å². The molecule has 7 heteroatoms. The molecule has 0 radical (unpaired) electrons. The van der Waals surface area contributed by atoms with E-state index >= 15 is 0 Å². The molecule has 31 heavy (non-hydrogen) atoms. The molecule has 4 aromatic rings. The van der Waals surface area contributed by atoms with Gasteiger partial charge in [0.2, 0.25) is 0 Å². The van der Waals surface area contributed by atoms with Crippen molar-refractivity contribution in [2.45, 2.75) is 26.5 Å². The third kappa shape index (κ3) is 4.33. The number of benzene rings is 2. The smallest absolute Gasteiger partial charge is 0.262 e. The molecule has 0 unspecified atom stereocenters. The van der Waals surface area contributed by atoms with Gasteiger partial charge in [-0.15, -0.1) is 11.3 Å². The molecular weight excluding hydrogens is 412 g/mol. The number of aliphatic hydroxyl groups is 1. The van der Waals surface area contributed by atoms with Crippen molar-refractivity contribution >= 4 is 21.6 Å². The Morgan fingerprint density at radius 3 is 2.52 bits per heavy atom. The van der Waals surface area contributed by atoms with Gasteiger partial charge in [-0.3, -0.25) is 9.36 Å². The molecular formula is C24H24N2O4S. The monoisotopic (exact) mass is 436 g/mol. The summed E-state index contributed by atoms with van der Waals surface area (Å²) >= 11 is 1.43. The molecule has 0 aliphatic heterocycles. The predicted molar refractivity (Wildman–Crippen MR) is 123 cm³/mol. The maximum Gasteiger partial charge on any atom is 0.262 e. The lowest BCUT2D eigenvalue weighted by atomic mass is 10.1. The Balaban J connectivity index is 1.57. The van der Waals surface area contributed by atoms with Gasteiger partial charge >= 0.3 is 0 Å². The van der Waals surface area contributed by atoms with Gasteiger partial charge in [0, 0.05) is 10.9 Å². The molecule has 0 aliphatic rings. The van der Waals surface area contributed by atoms with Crippen LogP contribution in [0.1, 0.15) is 11.1 Å². The molecule has 0 fully saturated rings. The van der Waals surface area contributed by atoms with Crippen LogP contribution in [-0.2, 0) is 6.54 Å². The molecule has 0 amide bonds. The fourth-order valence-electron chi connectivity index (χ4n) is 3.57. The summed E-state index contributed by atoms with van der Waals surface area (Å²) in [6.07, 6.45) is 0.639. The van der Waals surface area contributed by atoms with Crippen LogP contribution in [0.2, 0.25) is 0 Å². The van der Waals surface area contributed by atoms with Gasteiger partial charge < -0.3 is 14.6 Å². The van der Waals surface area contributed by atoms with Gasteiger partial charge in [-0.05, 0) is 42.7 Å². The van der Waals surface area contributed by atoms with Crippen molar-refractivity contribution in [3.05, 3.63) is 75.7 Å². The minimum Gasteiger partial charge on any atom is -0.497 e. The van der Waals surface area contributed by atoms with Gasteiger partial charge in [0.15, 0.2) is 0 Å². The summed E-state index contributed by atoms with van der Waals surface area (Å²) in [6.45, 7) is 4.12. The van der Waals surface area contributed by atoms with Crippen molar-refractivity contribution in [2.24, 2.45) is 0 Å². The summed E-state index contributed by atoms with van der Waals surface area (Å²) in [4.78, 5) is 18.3. The number of methoxy groups -OCH3 is 1. The van der Waals surface area contributed by atoms with Gasteiger partial charge in [0.1, 0.15) is 29.0 Å². The van der Waals surface area contributed by atoms with Crippen molar-refractivity contribution in [1.82, 2.24) is 9.55 Å². The minimum atomic E-state index is -0.848. The fourth-order valence-corrected chi connectivity index (χ4v) is 4.47. The number of aromatic nitrogens is 2. The number of hydrogen-bond acceptors (Lipinski definition) is 6. The van der Waals surface area contributed by atoms with Crippen LogP contribution in [0.3, 0.4) is 0 Å². The minimum absolute atomic E-state index is 0.0884. The molecule has 1 atom stereocenters. The average molecular weight is 437 g/mol. The summed E-state index contributed by atoms with van der Waals surface area (Å²) in [7, 11) is 1.62. The van der Waals surface area contributed by atoms with Crippen molar-refractivity contribution < 1.29 is 14.6 Å².